The van der Waals surface area contributed by atoms with Crippen LogP contribution in [0.4, 0.5) is 5.69 Å². The summed E-state index contributed by atoms with van der Waals surface area (Å²) >= 11 is 0. The van der Waals surface area contributed by atoms with Gasteiger partial charge in [0, 0.05) is 31.3 Å². The molecule has 144 valence electrons. The van der Waals surface area contributed by atoms with E-state index in [0.717, 1.165) is 29.0 Å². The molecule has 1 unspecified atom stereocenters. The van der Waals surface area contributed by atoms with Crippen LogP contribution in [-0.2, 0) is 11.3 Å². The molecule has 27 heavy (non-hydrogen) atoms. The number of nitrogens with one attached hydrogen (secondary N) is 1. The number of anilines is 1. The summed E-state index contributed by atoms with van der Waals surface area (Å²) in [7, 11) is 4.87. The van der Waals surface area contributed by atoms with Crippen LogP contribution in [0, 0.1) is 6.92 Å². The van der Waals surface area contributed by atoms with Crippen molar-refractivity contribution in [2.24, 2.45) is 0 Å². The van der Waals surface area contributed by atoms with Crippen LogP contribution in [0.25, 0.3) is 0 Å². The molecule has 1 atom stereocenters. The molecule has 1 amide bonds. The van der Waals surface area contributed by atoms with Crippen molar-refractivity contribution in [3.8, 4) is 17.2 Å². The van der Waals surface area contributed by atoms with Crippen molar-refractivity contribution in [2.75, 3.05) is 32.8 Å². The number of benzene rings is 2. The average molecular weight is 370 g/mol. The second kappa shape index (κ2) is 8.31. The van der Waals surface area contributed by atoms with Crippen LogP contribution in [0.3, 0.4) is 0 Å². The molecule has 1 aliphatic rings. The van der Waals surface area contributed by atoms with E-state index in [2.05, 4.69) is 11.4 Å². The van der Waals surface area contributed by atoms with Crippen LogP contribution >= 0.6 is 0 Å². The Labute approximate surface area is 160 Å². The zero-order valence-corrected chi connectivity index (χ0v) is 16.2. The van der Waals surface area contributed by atoms with Crippen molar-refractivity contribution in [1.82, 2.24) is 5.32 Å². The number of carbonyl (C=O) groups is 1. The summed E-state index contributed by atoms with van der Waals surface area (Å²) in [5, 5.41) is 3.37. The summed E-state index contributed by atoms with van der Waals surface area (Å²) < 4.78 is 16.0. The fourth-order valence-electron chi connectivity index (χ4n) is 3.29. The van der Waals surface area contributed by atoms with Crippen molar-refractivity contribution in [1.29, 1.82) is 0 Å². The van der Waals surface area contributed by atoms with E-state index in [1.807, 2.05) is 31.2 Å². The van der Waals surface area contributed by atoms with Crippen molar-refractivity contribution >= 4 is 11.6 Å². The molecular weight excluding hydrogens is 344 g/mol. The fraction of sp³-hybridized carbons (Fsp3) is 0.381. The highest BCUT2D eigenvalue weighted by Crippen LogP contribution is 2.31. The zero-order chi connectivity index (χ0) is 19.4. The SMILES string of the molecule is COc1cc(OC)cc(N2CCC(NCc3ccc(C)c(OC)c3)C2=O)c1. The minimum atomic E-state index is -0.213. The molecule has 0 aliphatic carbocycles. The van der Waals surface area contributed by atoms with Gasteiger partial charge in [-0.3, -0.25) is 4.79 Å². The molecule has 0 aromatic heterocycles. The summed E-state index contributed by atoms with van der Waals surface area (Å²) in [5.41, 5.74) is 2.97. The van der Waals surface area contributed by atoms with Crippen molar-refractivity contribution in [2.45, 2.75) is 25.9 Å². The van der Waals surface area contributed by atoms with Crippen molar-refractivity contribution in [3.63, 3.8) is 0 Å². The number of carbonyl (C=O) groups excluding carboxylic acids is 1. The number of ether oxygens (including phenoxy) is 3. The quantitative estimate of drug-likeness (QED) is 0.812. The number of hydrogen-bond acceptors (Lipinski definition) is 5. The van der Waals surface area contributed by atoms with Gasteiger partial charge in [-0.25, -0.2) is 0 Å². The van der Waals surface area contributed by atoms with Gasteiger partial charge in [-0.2, -0.15) is 0 Å². The van der Waals surface area contributed by atoms with Gasteiger partial charge >= 0.3 is 0 Å². The molecule has 0 spiro atoms. The summed E-state index contributed by atoms with van der Waals surface area (Å²) in [6, 6.07) is 11.4. The maximum Gasteiger partial charge on any atom is 0.244 e. The Morgan fingerprint density at radius 1 is 1.04 bits per heavy atom. The van der Waals surface area contributed by atoms with Crippen LogP contribution in [0.1, 0.15) is 17.5 Å². The number of rotatable bonds is 7. The lowest BCUT2D eigenvalue weighted by atomic mass is 10.1. The van der Waals surface area contributed by atoms with Gasteiger partial charge in [0.25, 0.3) is 0 Å². The van der Waals surface area contributed by atoms with E-state index in [1.54, 1.807) is 32.3 Å². The molecule has 0 radical (unpaired) electrons. The monoisotopic (exact) mass is 370 g/mol. The maximum absolute atomic E-state index is 12.9. The van der Waals surface area contributed by atoms with Gasteiger partial charge in [0.2, 0.25) is 5.91 Å². The summed E-state index contributed by atoms with van der Waals surface area (Å²) in [6.07, 6.45) is 0.751. The summed E-state index contributed by atoms with van der Waals surface area (Å²) in [5.74, 6) is 2.25. The molecule has 6 heteroatoms. The van der Waals surface area contributed by atoms with E-state index >= 15 is 0 Å². The van der Waals surface area contributed by atoms with Gasteiger partial charge in [0.1, 0.15) is 17.2 Å². The molecule has 0 bridgehead atoms. The minimum absolute atomic E-state index is 0.0596. The average Bonchev–Trinajstić information content (AvgIpc) is 3.07. The van der Waals surface area contributed by atoms with E-state index < -0.39 is 0 Å². The van der Waals surface area contributed by atoms with Crippen LogP contribution in [0.5, 0.6) is 17.2 Å². The highest BCUT2D eigenvalue weighted by Gasteiger charge is 2.32. The molecule has 1 N–H and O–H groups in total. The summed E-state index contributed by atoms with van der Waals surface area (Å²) in [4.78, 5) is 14.6. The lowest BCUT2D eigenvalue weighted by molar-refractivity contribution is -0.118. The van der Waals surface area contributed by atoms with Gasteiger partial charge in [0.05, 0.1) is 33.1 Å². The Balaban J connectivity index is 1.68. The van der Waals surface area contributed by atoms with E-state index in [4.69, 9.17) is 14.2 Å². The number of nitrogens with zero attached hydrogens (tertiary/aromatic N) is 1. The van der Waals surface area contributed by atoms with E-state index in [1.165, 1.54) is 0 Å². The minimum Gasteiger partial charge on any atom is -0.497 e. The van der Waals surface area contributed by atoms with E-state index in [9.17, 15) is 4.79 Å². The van der Waals surface area contributed by atoms with Crippen LogP contribution in [0.2, 0.25) is 0 Å². The molecular formula is C21H26N2O4. The molecule has 1 heterocycles. The highest BCUT2D eigenvalue weighted by molar-refractivity contribution is 5.99. The number of methoxy groups -OCH3 is 3. The molecule has 3 rings (SSSR count). The second-order valence-electron chi connectivity index (χ2n) is 6.59. The van der Waals surface area contributed by atoms with Gasteiger partial charge in [-0.1, -0.05) is 12.1 Å². The van der Waals surface area contributed by atoms with Crippen molar-refractivity contribution in [3.05, 3.63) is 47.5 Å². The predicted octanol–water partition coefficient (Wildman–Crippen LogP) is 2.92. The predicted molar refractivity (Wildman–Crippen MR) is 105 cm³/mol. The molecule has 1 saturated heterocycles. The Morgan fingerprint density at radius 2 is 1.74 bits per heavy atom. The van der Waals surface area contributed by atoms with Crippen LogP contribution in [-0.4, -0.2) is 39.8 Å². The largest absolute Gasteiger partial charge is 0.497 e. The van der Waals surface area contributed by atoms with E-state index in [0.29, 0.717) is 24.6 Å². The number of amides is 1. The normalized spacial score (nSPS) is 16.5. The van der Waals surface area contributed by atoms with Gasteiger partial charge < -0.3 is 24.4 Å². The third-order valence-electron chi connectivity index (χ3n) is 4.88. The highest BCUT2D eigenvalue weighted by atomic mass is 16.5. The van der Waals surface area contributed by atoms with Gasteiger partial charge in [0.15, 0.2) is 0 Å². The third-order valence-corrected chi connectivity index (χ3v) is 4.88. The van der Waals surface area contributed by atoms with Gasteiger partial charge in [-0.05, 0) is 30.5 Å². The first-order valence-corrected chi connectivity index (χ1v) is 8.97. The topological polar surface area (TPSA) is 60.0 Å². The fourth-order valence-corrected chi connectivity index (χ4v) is 3.29. The Bertz CT molecular complexity index is 800. The Hall–Kier alpha value is -2.73. The first-order chi connectivity index (χ1) is 13.0. The Kier molecular flexibility index (Phi) is 5.86. The van der Waals surface area contributed by atoms with Gasteiger partial charge in [-0.15, -0.1) is 0 Å². The van der Waals surface area contributed by atoms with E-state index in [-0.39, 0.29) is 11.9 Å². The lowest BCUT2D eigenvalue weighted by Crippen LogP contribution is -2.38. The first-order valence-electron chi connectivity index (χ1n) is 8.97. The summed E-state index contributed by atoms with van der Waals surface area (Å²) in [6.45, 7) is 3.28. The van der Waals surface area contributed by atoms with Crippen molar-refractivity contribution < 1.29 is 19.0 Å². The standard InChI is InChI=1S/C21H26N2O4/c1-14-5-6-15(9-20(14)27-4)13-22-19-7-8-23(21(19)24)16-10-17(25-2)12-18(11-16)26-3/h5-6,9-12,19,22H,7-8,13H2,1-4H3. The number of hydrogen-bond donors (Lipinski definition) is 1. The van der Waals surface area contributed by atoms with Crippen LogP contribution in [0.15, 0.2) is 36.4 Å². The molecule has 2 aromatic rings. The zero-order valence-electron chi connectivity index (χ0n) is 16.2. The first kappa shape index (κ1) is 19.0. The molecule has 6 nitrogen and oxygen atoms in total. The third kappa shape index (κ3) is 4.17. The van der Waals surface area contributed by atoms with Crippen LogP contribution < -0.4 is 24.4 Å². The Morgan fingerprint density at radius 3 is 2.37 bits per heavy atom. The molecule has 2 aromatic carbocycles. The maximum atomic E-state index is 12.9. The molecule has 0 saturated carbocycles. The molecule has 1 aliphatic heterocycles. The number of aryl methyl sites for hydroxylation is 1. The smallest absolute Gasteiger partial charge is 0.244 e. The lowest BCUT2D eigenvalue weighted by Gasteiger charge is -2.19. The molecule has 1 fully saturated rings. The second-order valence-corrected chi connectivity index (χ2v) is 6.59.